The lowest BCUT2D eigenvalue weighted by atomic mass is 9.74. The second-order valence-electron chi connectivity index (χ2n) is 10.6. The molecule has 1 N–H and O–H groups in total. The van der Waals surface area contributed by atoms with Crippen molar-refractivity contribution in [1.29, 1.82) is 0 Å². The van der Waals surface area contributed by atoms with Crippen LogP contribution in [0.25, 0.3) is 11.3 Å². The molecule has 1 saturated heterocycles. The number of nitrogens with zero attached hydrogens (tertiary/aromatic N) is 1. The summed E-state index contributed by atoms with van der Waals surface area (Å²) in [6, 6.07) is 14.8. The number of hydrogen-bond acceptors (Lipinski definition) is 4. The SMILES string of the molecule is O=C1NCC2(CCCCCCCOc3ccc(Cl)cc31)CCN(C(=O)c1ccc(-c3ccccc3F)o1)CC2. The van der Waals surface area contributed by atoms with Crippen molar-refractivity contribution in [2.45, 2.75) is 51.4 Å². The van der Waals surface area contributed by atoms with Crippen molar-refractivity contribution in [2.75, 3.05) is 26.2 Å². The van der Waals surface area contributed by atoms with Crippen molar-refractivity contribution < 1.29 is 23.1 Å². The summed E-state index contributed by atoms with van der Waals surface area (Å²) >= 11 is 6.20. The highest BCUT2D eigenvalue weighted by Crippen LogP contribution is 2.38. The van der Waals surface area contributed by atoms with Gasteiger partial charge in [0.2, 0.25) is 0 Å². The molecule has 2 amide bonds. The quantitative estimate of drug-likeness (QED) is 0.367. The van der Waals surface area contributed by atoms with Crippen molar-refractivity contribution in [3.05, 3.63) is 76.8 Å². The lowest BCUT2D eigenvalue weighted by Crippen LogP contribution is -2.48. The van der Waals surface area contributed by atoms with Crippen LogP contribution in [0, 0.1) is 11.2 Å². The highest BCUT2D eigenvalue weighted by Gasteiger charge is 2.37. The number of halogens is 2. The van der Waals surface area contributed by atoms with E-state index in [9.17, 15) is 14.0 Å². The van der Waals surface area contributed by atoms with Crippen LogP contribution in [0.5, 0.6) is 5.75 Å². The average molecular weight is 553 g/mol. The van der Waals surface area contributed by atoms with Gasteiger partial charge in [0.05, 0.1) is 17.7 Å². The normalized spacial score (nSPS) is 18.5. The first kappa shape index (κ1) is 27.3. The average Bonchev–Trinajstić information content (AvgIpc) is 3.44. The van der Waals surface area contributed by atoms with Gasteiger partial charge in [0.1, 0.15) is 17.3 Å². The molecule has 2 aliphatic rings. The maximum atomic E-state index is 14.2. The molecule has 1 fully saturated rings. The van der Waals surface area contributed by atoms with Crippen LogP contribution in [0.2, 0.25) is 5.02 Å². The summed E-state index contributed by atoms with van der Waals surface area (Å²) in [5.74, 6) is 0.312. The Kier molecular flexibility index (Phi) is 8.56. The van der Waals surface area contributed by atoms with Gasteiger partial charge in [-0.15, -0.1) is 0 Å². The van der Waals surface area contributed by atoms with Crippen molar-refractivity contribution >= 4 is 23.4 Å². The predicted molar refractivity (Wildman–Crippen MR) is 149 cm³/mol. The number of rotatable bonds is 2. The Morgan fingerprint density at radius 1 is 0.923 bits per heavy atom. The van der Waals surface area contributed by atoms with E-state index in [1.54, 1.807) is 53.4 Å². The number of carbonyl (C=O) groups excluding carboxylic acids is 2. The van der Waals surface area contributed by atoms with Gasteiger partial charge in [-0.25, -0.2) is 4.39 Å². The van der Waals surface area contributed by atoms with Crippen LogP contribution in [0.3, 0.4) is 0 Å². The Morgan fingerprint density at radius 3 is 2.51 bits per heavy atom. The number of hydrogen-bond donors (Lipinski definition) is 1. The van der Waals surface area contributed by atoms with Crippen molar-refractivity contribution in [2.24, 2.45) is 5.41 Å². The van der Waals surface area contributed by atoms with E-state index in [0.29, 0.717) is 53.9 Å². The zero-order valence-electron chi connectivity index (χ0n) is 22.0. The maximum absolute atomic E-state index is 14.2. The number of likely N-dealkylation sites (tertiary alicyclic amines) is 1. The fourth-order valence-electron chi connectivity index (χ4n) is 5.60. The highest BCUT2D eigenvalue weighted by atomic mass is 35.5. The second kappa shape index (κ2) is 12.2. The minimum absolute atomic E-state index is 0.0996. The van der Waals surface area contributed by atoms with Gasteiger partial charge in [-0.3, -0.25) is 9.59 Å². The number of nitrogens with one attached hydrogen (secondary N) is 1. The molecule has 2 aromatic carbocycles. The Labute approximate surface area is 233 Å². The molecule has 2 aliphatic heterocycles. The van der Waals surface area contributed by atoms with Crippen LogP contribution in [0.15, 0.2) is 59.0 Å². The van der Waals surface area contributed by atoms with Crippen LogP contribution in [0.1, 0.15) is 72.3 Å². The Balaban J connectivity index is 1.27. The molecule has 0 bridgehead atoms. The van der Waals surface area contributed by atoms with Gasteiger partial charge in [0.15, 0.2) is 5.76 Å². The van der Waals surface area contributed by atoms with E-state index in [4.69, 9.17) is 20.8 Å². The third kappa shape index (κ3) is 6.47. The van der Waals surface area contributed by atoms with Crippen molar-refractivity contribution in [3.63, 3.8) is 0 Å². The zero-order chi connectivity index (χ0) is 27.2. The van der Waals surface area contributed by atoms with Crippen LogP contribution in [-0.4, -0.2) is 43.0 Å². The number of fused-ring (bicyclic) bond motifs is 1. The third-order valence-corrected chi connectivity index (χ3v) is 8.22. The van der Waals surface area contributed by atoms with E-state index in [1.807, 2.05) is 0 Å². The largest absolute Gasteiger partial charge is 0.493 e. The van der Waals surface area contributed by atoms with E-state index < -0.39 is 5.82 Å². The van der Waals surface area contributed by atoms with E-state index >= 15 is 0 Å². The summed E-state index contributed by atoms with van der Waals surface area (Å²) in [6.45, 7) is 2.23. The molecule has 0 saturated carbocycles. The van der Waals surface area contributed by atoms with Gasteiger partial charge in [0, 0.05) is 24.7 Å². The Hall–Kier alpha value is -3.32. The molecular formula is C31H34ClFN2O4. The molecule has 0 radical (unpaired) electrons. The fourth-order valence-corrected chi connectivity index (χ4v) is 5.77. The molecule has 1 spiro atoms. The molecule has 39 heavy (non-hydrogen) atoms. The molecule has 0 aliphatic carbocycles. The maximum Gasteiger partial charge on any atom is 0.289 e. The molecule has 3 aromatic rings. The van der Waals surface area contributed by atoms with Gasteiger partial charge < -0.3 is 19.4 Å². The van der Waals surface area contributed by atoms with Crippen LogP contribution >= 0.6 is 11.6 Å². The first-order chi connectivity index (χ1) is 18.9. The minimum atomic E-state index is -0.391. The standard InChI is InChI=1S/C31H34ClFN2O4/c32-22-10-11-26-24(20-22)29(36)34-21-31(14-6-2-1-3-7-19-38-26)15-17-35(18-16-31)30(37)28-13-12-27(39-28)23-8-4-5-9-25(23)33/h4-5,8-13,20H,1-3,6-7,14-19,21H2,(H,34,36). The van der Waals surface area contributed by atoms with Crippen LogP contribution in [-0.2, 0) is 0 Å². The van der Waals surface area contributed by atoms with Gasteiger partial charge in [-0.05, 0) is 73.6 Å². The first-order valence-corrected chi connectivity index (χ1v) is 14.2. The summed E-state index contributed by atoms with van der Waals surface area (Å²) < 4.78 is 25.9. The van der Waals surface area contributed by atoms with Gasteiger partial charge in [0.25, 0.3) is 11.8 Å². The second-order valence-corrected chi connectivity index (χ2v) is 11.1. The fraction of sp³-hybridized carbons (Fsp3) is 0.419. The number of furan rings is 1. The molecule has 206 valence electrons. The van der Waals surface area contributed by atoms with Crippen molar-refractivity contribution in [1.82, 2.24) is 10.2 Å². The molecule has 0 unspecified atom stereocenters. The highest BCUT2D eigenvalue weighted by molar-refractivity contribution is 6.31. The summed E-state index contributed by atoms with van der Waals surface area (Å²) in [5, 5.41) is 3.64. The van der Waals surface area contributed by atoms with E-state index in [0.717, 1.165) is 51.4 Å². The third-order valence-electron chi connectivity index (χ3n) is 7.99. The molecular weight excluding hydrogens is 519 g/mol. The number of carbonyl (C=O) groups is 2. The number of ether oxygens (including phenoxy) is 1. The summed E-state index contributed by atoms with van der Waals surface area (Å²) in [5.41, 5.74) is 0.682. The minimum Gasteiger partial charge on any atom is -0.493 e. The topological polar surface area (TPSA) is 71.8 Å². The van der Waals surface area contributed by atoms with Gasteiger partial charge in [-0.2, -0.15) is 0 Å². The molecule has 1 aromatic heterocycles. The zero-order valence-corrected chi connectivity index (χ0v) is 22.8. The summed E-state index contributed by atoms with van der Waals surface area (Å²) in [6.07, 6.45) is 7.93. The van der Waals surface area contributed by atoms with Crippen LogP contribution in [0.4, 0.5) is 4.39 Å². The lowest BCUT2D eigenvalue weighted by molar-refractivity contribution is 0.0509. The Bertz CT molecular complexity index is 1320. The van der Waals surface area contributed by atoms with E-state index in [1.165, 1.54) is 6.07 Å². The number of benzene rings is 2. The van der Waals surface area contributed by atoms with Crippen molar-refractivity contribution in [3.8, 4) is 17.1 Å². The van der Waals surface area contributed by atoms with E-state index in [2.05, 4.69) is 5.32 Å². The number of amides is 2. The lowest BCUT2D eigenvalue weighted by Gasteiger charge is -2.42. The monoisotopic (exact) mass is 552 g/mol. The number of piperidine rings is 1. The first-order valence-electron chi connectivity index (χ1n) is 13.8. The van der Waals surface area contributed by atoms with E-state index in [-0.39, 0.29) is 23.0 Å². The van der Waals surface area contributed by atoms with Gasteiger partial charge in [-0.1, -0.05) is 49.4 Å². The van der Waals surface area contributed by atoms with Crippen LogP contribution < -0.4 is 10.1 Å². The smallest absolute Gasteiger partial charge is 0.289 e. The Morgan fingerprint density at radius 2 is 1.69 bits per heavy atom. The molecule has 6 nitrogen and oxygen atoms in total. The predicted octanol–water partition coefficient (Wildman–Crippen LogP) is 7.12. The summed E-state index contributed by atoms with van der Waals surface area (Å²) in [7, 11) is 0. The molecule has 8 heteroatoms. The molecule has 5 rings (SSSR count). The summed E-state index contributed by atoms with van der Waals surface area (Å²) in [4.78, 5) is 28.2. The van der Waals surface area contributed by atoms with Gasteiger partial charge >= 0.3 is 0 Å². The molecule has 3 heterocycles. The molecule has 0 atom stereocenters.